The second-order valence-corrected chi connectivity index (χ2v) is 4.94. The molecule has 1 aliphatic heterocycles. The smallest absolute Gasteiger partial charge is 0.329 e. The first kappa shape index (κ1) is 14.2. The normalized spacial score (nSPS) is 17.2. The fourth-order valence-corrected chi connectivity index (χ4v) is 2.28. The van der Waals surface area contributed by atoms with E-state index in [-0.39, 0.29) is 0 Å². The third kappa shape index (κ3) is 1.99. The minimum Gasteiger partial charge on any atom is -0.329 e. The van der Waals surface area contributed by atoms with Gasteiger partial charge >= 0.3 is 5.97 Å². The van der Waals surface area contributed by atoms with Crippen LogP contribution in [0.2, 0.25) is 0 Å². The molecule has 0 spiro atoms. The van der Waals surface area contributed by atoms with Crippen LogP contribution in [0.5, 0.6) is 0 Å². The molecule has 2 amide bonds. The zero-order chi connectivity index (χ0) is 14.9. The number of amides is 2. The number of rotatable bonds is 3. The van der Waals surface area contributed by atoms with Crippen LogP contribution in [0.4, 0.5) is 0 Å². The molecule has 1 saturated heterocycles. The van der Waals surface area contributed by atoms with Crippen LogP contribution in [0.1, 0.15) is 42.6 Å². The van der Waals surface area contributed by atoms with Crippen molar-refractivity contribution >= 4 is 17.8 Å². The molecule has 0 aliphatic carbocycles. The predicted molar refractivity (Wildman–Crippen MR) is 71.5 cm³/mol. The highest BCUT2D eigenvalue weighted by molar-refractivity contribution is 6.15. The Kier molecular flexibility index (Phi) is 3.61. The number of imide groups is 1. The van der Waals surface area contributed by atoms with Crippen molar-refractivity contribution in [3.63, 3.8) is 0 Å². The highest BCUT2D eigenvalue weighted by Gasteiger charge is 2.56. The Morgan fingerprint density at radius 2 is 1.70 bits per heavy atom. The molecule has 2 rings (SSSR count). The van der Waals surface area contributed by atoms with Crippen LogP contribution in [0, 0.1) is 12.3 Å². The van der Waals surface area contributed by atoms with E-state index in [1.165, 1.54) is 0 Å². The largest absolute Gasteiger partial charge is 0.348 e. The van der Waals surface area contributed by atoms with E-state index in [1.54, 1.807) is 38.1 Å². The number of hydrogen-bond acceptors (Lipinski definition) is 4. The fraction of sp³-hybridized carbons (Fsp3) is 0.400. The van der Waals surface area contributed by atoms with Crippen LogP contribution in [0.15, 0.2) is 24.3 Å². The molecule has 1 aromatic carbocycles. The summed E-state index contributed by atoms with van der Waals surface area (Å²) >= 11 is 0. The standard InChI is InChI=1S/C15H17NO4/c1-4-15(5-2)13(18)16(20-14(15)19)12(17)11-8-6-10(3)7-9-11/h6-9H,4-5H2,1-3H3. The van der Waals surface area contributed by atoms with Gasteiger partial charge in [0.05, 0.1) is 0 Å². The number of nitrogens with zero attached hydrogens (tertiary/aromatic N) is 1. The van der Waals surface area contributed by atoms with Gasteiger partial charge in [-0.2, -0.15) is 0 Å². The van der Waals surface area contributed by atoms with Gasteiger partial charge in [0, 0.05) is 5.56 Å². The van der Waals surface area contributed by atoms with Gasteiger partial charge in [-0.25, -0.2) is 4.79 Å². The topological polar surface area (TPSA) is 63.7 Å². The van der Waals surface area contributed by atoms with Crippen LogP contribution in [0.3, 0.4) is 0 Å². The van der Waals surface area contributed by atoms with Crippen molar-refractivity contribution in [1.82, 2.24) is 5.06 Å². The molecule has 106 valence electrons. The maximum Gasteiger partial charge on any atom is 0.348 e. The van der Waals surface area contributed by atoms with E-state index in [9.17, 15) is 14.4 Å². The lowest BCUT2D eigenvalue weighted by Gasteiger charge is -2.17. The number of hydroxylamine groups is 2. The molecule has 0 bridgehead atoms. The highest BCUT2D eigenvalue weighted by atomic mass is 16.7. The van der Waals surface area contributed by atoms with Crippen molar-refractivity contribution in [3.8, 4) is 0 Å². The van der Waals surface area contributed by atoms with Gasteiger partial charge in [-0.15, -0.1) is 0 Å². The first-order valence-corrected chi connectivity index (χ1v) is 6.64. The maximum absolute atomic E-state index is 12.3. The Hall–Kier alpha value is -2.17. The zero-order valence-electron chi connectivity index (χ0n) is 11.8. The van der Waals surface area contributed by atoms with Crippen molar-refractivity contribution in [2.45, 2.75) is 33.6 Å². The molecule has 20 heavy (non-hydrogen) atoms. The van der Waals surface area contributed by atoms with Crippen LogP contribution >= 0.6 is 0 Å². The molecule has 0 unspecified atom stereocenters. The van der Waals surface area contributed by atoms with Gasteiger partial charge in [0.25, 0.3) is 11.8 Å². The van der Waals surface area contributed by atoms with E-state index < -0.39 is 23.2 Å². The van der Waals surface area contributed by atoms with E-state index in [4.69, 9.17) is 4.84 Å². The monoisotopic (exact) mass is 275 g/mol. The van der Waals surface area contributed by atoms with Crippen molar-refractivity contribution in [2.24, 2.45) is 5.41 Å². The highest BCUT2D eigenvalue weighted by Crippen LogP contribution is 2.37. The minimum absolute atomic E-state index is 0.318. The Bertz CT molecular complexity index is 558. The lowest BCUT2D eigenvalue weighted by molar-refractivity contribution is -0.168. The molecule has 0 radical (unpaired) electrons. The lowest BCUT2D eigenvalue weighted by atomic mass is 9.82. The minimum atomic E-state index is -1.22. The molecule has 1 aliphatic rings. The zero-order valence-corrected chi connectivity index (χ0v) is 11.8. The third-order valence-electron chi connectivity index (χ3n) is 3.85. The van der Waals surface area contributed by atoms with Gasteiger partial charge in [0.2, 0.25) is 0 Å². The molecular formula is C15H17NO4. The first-order valence-electron chi connectivity index (χ1n) is 6.64. The van der Waals surface area contributed by atoms with Crippen LogP contribution in [-0.2, 0) is 14.4 Å². The van der Waals surface area contributed by atoms with Gasteiger partial charge < -0.3 is 4.84 Å². The summed E-state index contributed by atoms with van der Waals surface area (Å²) in [6.45, 7) is 5.37. The van der Waals surface area contributed by atoms with Crippen molar-refractivity contribution < 1.29 is 19.2 Å². The number of carbonyl (C=O) groups is 3. The average molecular weight is 275 g/mol. The molecule has 0 saturated carbocycles. The maximum atomic E-state index is 12.3. The van der Waals surface area contributed by atoms with Crippen LogP contribution in [-0.4, -0.2) is 22.8 Å². The van der Waals surface area contributed by atoms with Gasteiger partial charge in [-0.05, 0) is 31.9 Å². The van der Waals surface area contributed by atoms with E-state index in [0.717, 1.165) is 5.56 Å². The van der Waals surface area contributed by atoms with E-state index in [1.807, 2.05) is 6.92 Å². The third-order valence-corrected chi connectivity index (χ3v) is 3.85. The second kappa shape index (κ2) is 5.07. The molecule has 5 nitrogen and oxygen atoms in total. The summed E-state index contributed by atoms with van der Waals surface area (Å²) in [7, 11) is 0. The lowest BCUT2D eigenvalue weighted by Crippen LogP contribution is -2.38. The number of benzene rings is 1. The summed E-state index contributed by atoms with van der Waals surface area (Å²) in [4.78, 5) is 41.4. The summed E-state index contributed by atoms with van der Waals surface area (Å²) in [6.07, 6.45) is 0.637. The van der Waals surface area contributed by atoms with Gasteiger partial charge in [-0.1, -0.05) is 36.6 Å². The first-order chi connectivity index (χ1) is 9.46. The second-order valence-electron chi connectivity index (χ2n) is 4.94. The Balaban J connectivity index is 2.31. The van der Waals surface area contributed by atoms with Crippen molar-refractivity contribution in [1.29, 1.82) is 0 Å². The summed E-state index contributed by atoms with van der Waals surface area (Å²) < 4.78 is 0. The van der Waals surface area contributed by atoms with E-state index in [0.29, 0.717) is 23.5 Å². The van der Waals surface area contributed by atoms with Gasteiger partial charge in [-0.3, -0.25) is 9.59 Å². The molecular weight excluding hydrogens is 258 g/mol. The summed E-state index contributed by atoms with van der Waals surface area (Å²) in [5, 5.41) is 0.597. The average Bonchev–Trinajstić information content (AvgIpc) is 2.71. The Labute approximate surface area is 117 Å². The van der Waals surface area contributed by atoms with Gasteiger partial charge in [0.1, 0.15) is 0 Å². The van der Waals surface area contributed by atoms with Crippen LogP contribution < -0.4 is 0 Å². The summed E-state index contributed by atoms with van der Waals surface area (Å²) in [5.74, 6) is -1.82. The fourth-order valence-electron chi connectivity index (χ4n) is 2.28. The quantitative estimate of drug-likeness (QED) is 0.627. The van der Waals surface area contributed by atoms with Gasteiger partial charge in [0.15, 0.2) is 5.41 Å². The van der Waals surface area contributed by atoms with Crippen molar-refractivity contribution in [3.05, 3.63) is 35.4 Å². The summed E-state index contributed by atoms with van der Waals surface area (Å²) in [6, 6.07) is 6.75. The van der Waals surface area contributed by atoms with E-state index >= 15 is 0 Å². The Morgan fingerprint density at radius 1 is 1.15 bits per heavy atom. The molecule has 0 atom stereocenters. The number of hydrogen-bond donors (Lipinski definition) is 0. The van der Waals surface area contributed by atoms with Crippen molar-refractivity contribution in [2.75, 3.05) is 0 Å². The number of aryl methyl sites for hydroxylation is 1. The molecule has 1 heterocycles. The number of carbonyl (C=O) groups excluding carboxylic acids is 3. The van der Waals surface area contributed by atoms with E-state index in [2.05, 4.69) is 0 Å². The molecule has 0 N–H and O–H groups in total. The molecule has 5 heteroatoms. The summed E-state index contributed by atoms with van der Waals surface area (Å²) in [5.41, 5.74) is 0.0999. The molecule has 0 aromatic heterocycles. The molecule has 1 aromatic rings. The molecule has 1 fully saturated rings. The predicted octanol–water partition coefficient (Wildman–Crippen LogP) is 2.24. The van der Waals surface area contributed by atoms with Crippen LogP contribution in [0.25, 0.3) is 0 Å². The Morgan fingerprint density at radius 3 is 2.15 bits per heavy atom. The SMILES string of the molecule is CCC1(CC)C(=O)ON(C(=O)c2ccc(C)cc2)C1=O.